The van der Waals surface area contributed by atoms with Gasteiger partial charge in [-0.1, -0.05) is 0 Å². The maximum Gasteiger partial charge on any atom is 0.340 e. The first-order chi connectivity index (χ1) is 9.52. The molecule has 0 unspecified atom stereocenters. The fourth-order valence-corrected chi connectivity index (χ4v) is 2.27. The van der Waals surface area contributed by atoms with Crippen molar-refractivity contribution in [3.63, 3.8) is 0 Å². The highest BCUT2D eigenvalue weighted by molar-refractivity contribution is 7.12. The average Bonchev–Trinajstić information content (AvgIpc) is 2.86. The van der Waals surface area contributed by atoms with E-state index in [1.54, 1.807) is 11.4 Å². The topological polar surface area (TPSA) is 81.4 Å². The second-order valence-electron chi connectivity index (χ2n) is 3.85. The third-order valence-electron chi connectivity index (χ3n) is 2.53. The van der Waals surface area contributed by atoms with Crippen molar-refractivity contribution >= 4 is 34.6 Å². The van der Waals surface area contributed by atoms with Gasteiger partial charge in [0.15, 0.2) is 0 Å². The van der Waals surface area contributed by atoms with E-state index < -0.39 is 17.7 Å². The van der Waals surface area contributed by atoms with Crippen LogP contribution >= 0.6 is 11.3 Å². The lowest BCUT2D eigenvalue weighted by Crippen LogP contribution is -2.13. The Labute approximate surface area is 118 Å². The van der Waals surface area contributed by atoms with Crippen molar-refractivity contribution in [3.8, 4) is 0 Å². The molecule has 0 aliphatic carbocycles. The molecule has 0 spiro atoms. The highest BCUT2D eigenvalue weighted by Gasteiger charge is 2.15. The Balaban J connectivity index is 2.24. The lowest BCUT2D eigenvalue weighted by Gasteiger charge is -2.07. The zero-order valence-corrected chi connectivity index (χ0v) is 11.3. The summed E-state index contributed by atoms with van der Waals surface area (Å²) in [5.41, 5.74) is 6.03. The number of carbonyl (C=O) groups excluding carboxylic acids is 2. The minimum absolute atomic E-state index is 0.246. The van der Waals surface area contributed by atoms with Crippen molar-refractivity contribution in [1.29, 1.82) is 0 Å². The van der Waals surface area contributed by atoms with Crippen molar-refractivity contribution in [2.24, 2.45) is 0 Å². The van der Waals surface area contributed by atoms with Crippen LogP contribution in [0.2, 0.25) is 0 Å². The van der Waals surface area contributed by atoms with Gasteiger partial charge in [-0.25, -0.2) is 9.18 Å². The molecular weight excluding hydrogens is 283 g/mol. The Hall–Kier alpha value is -2.41. The second kappa shape index (κ2) is 5.70. The molecule has 0 saturated heterocycles. The first-order valence-electron chi connectivity index (χ1n) is 5.55. The number of halogens is 1. The number of rotatable bonds is 3. The van der Waals surface area contributed by atoms with Gasteiger partial charge in [-0.3, -0.25) is 4.79 Å². The molecule has 0 aliphatic heterocycles. The van der Waals surface area contributed by atoms with E-state index in [-0.39, 0.29) is 11.3 Å². The van der Waals surface area contributed by atoms with Crippen LogP contribution in [0.15, 0.2) is 29.6 Å². The van der Waals surface area contributed by atoms with E-state index in [0.29, 0.717) is 10.6 Å². The molecule has 0 radical (unpaired) electrons. The van der Waals surface area contributed by atoms with E-state index >= 15 is 0 Å². The van der Waals surface area contributed by atoms with E-state index in [9.17, 15) is 14.0 Å². The van der Waals surface area contributed by atoms with Gasteiger partial charge in [0, 0.05) is 5.69 Å². The fourth-order valence-electron chi connectivity index (χ4n) is 1.56. The van der Waals surface area contributed by atoms with Gasteiger partial charge in [-0.2, -0.15) is 0 Å². The van der Waals surface area contributed by atoms with Crippen LogP contribution < -0.4 is 11.1 Å². The van der Waals surface area contributed by atoms with Gasteiger partial charge in [-0.05, 0) is 29.6 Å². The molecular formula is C13H11FN2O3S. The third kappa shape index (κ3) is 2.77. The molecule has 1 heterocycles. The fraction of sp³-hybridized carbons (Fsp3) is 0.0769. The number of hydrogen-bond donors (Lipinski definition) is 2. The van der Waals surface area contributed by atoms with E-state index in [4.69, 9.17) is 5.73 Å². The molecule has 1 aromatic carbocycles. The normalized spacial score (nSPS) is 10.1. The van der Waals surface area contributed by atoms with Crippen LogP contribution in [0.4, 0.5) is 15.8 Å². The summed E-state index contributed by atoms with van der Waals surface area (Å²) in [6, 6.07) is 5.26. The zero-order chi connectivity index (χ0) is 14.7. The number of thiophene rings is 1. The number of hydrogen-bond acceptors (Lipinski definition) is 5. The van der Waals surface area contributed by atoms with Gasteiger partial charge < -0.3 is 15.8 Å². The van der Waals surface area contributed by atoms with Crippen LogP contribution in [-0.4, -0.2) is 19.0 Å². The first kappa shape index (κ1) is 14.0. The molecule has 0 saturated carbocycles. The lowest BCUT2D eigenvalue weighted by atomic mass is 10.2. The number of carbonyl (C=O) groups is 2. The Bertz CT molecular complexity index is 669. The van der Waals surface area contributed by atoms with E-state index in [0.717, 1.165) is 13.2 Å². The van der Waals surface area contributed by atoms with Crippen molar-refractivity contribution in [1.82, 2.24) is 0 Å². The molecule has 5 nitrogen and oxygen atoms in total. The number of anilines is 2. The van der Waals surface area contributed by atoms with Crippen LogP contribution in [0.25, 0.3) is 0 Å². The van der Waals surface area contributed by atoms with Crippen molar-refractivity contribution in [2.45, 2.75) is 0 Å². The summed E-state index contributed by atoms with van der Waals surface area (Å²) in [6.45, 7) is 0. The summed E-state index contributed by atoms with van der Waals surface area (Å²) in [5, 5.41) is 4.24. The molecule has 1 aromatic heterocycles. The first-order valence-corrected chi connectivity index (χ1v) is 6.43. The zero-order valence-electron chi connectivity index (χ0n) is 10.5. The van der Waals surface area contributed by atoms with Gasteiger partial charge in [0.25, 0.3) is 5.91 Å². The minimum Gasteiger partial charge on any atom is -0.465 e. The molecule has 0 aliphatic rings. The number of nitrogens with two attached hydrogens (primary N) is 1. The molecule has 1 amide bonds. The molecule has 20 heavy (non-hydrogen) atoms. The summed E-state index contributed by atoms with van der Waals surface area (Å²) in [6.07, 6.45) is 0. The third-order valence-corrected chi connectivity index (χ3v) is 3.46. The molecule has 7 heteroatoms. The van der Waals surface area contributed by atoms with Gasteiger partial charge >= 0.3 is 5.97 Å². The number of methoxy groups -OCH3 is 1. The summed E-state index contributed by atoms with van der Waals surface area (Å²) < 4.78 is 17.9. The van der Waals surface area contributed by atoms with Gasteiger partial charge in [0.2, 0.25) is 0 Å². The maximum absolute atomic E-state index is 13.5. The average molecular weight is 294 g/mol. The van der Waals surface area contributed by atoms with Crippen LogP contribution in [-0.2, 0) is 4.74 Å². The number of nitrogens with one attached hydrogen (secondary N) is 1. The van der Waals surface area contributed by atoms with Crippen LogP contribution in [0.3, 0.4) is 0 Å². The molecule has 104 valence electrons. The molecule has 2 aromatic rings. The number of ether oxygens (including phenoxy) is 1. The SMILES string of the molecule is COC(=O)c1cc(NC(=O)c2sccc2N)ccc1F. The molecule has 0 atom stereocenters. The summed E-state index contributed by atoms with van der Waals surface area (Å²) in [7, 11) is 1.15. The van der Waals surface area contributed by atoms with Gasteiger partial charge in [-0.15, -0.1) is 11.3 Å². The quantitative estimate of drug-likeness (QED) is 0.852. The second-order valence-corrected chi connectivity index (χ2v) is 4.76. The number of benzene rings is 1. The Kier molecular flexibility index (Phi) is 3.99. The molecule has 0 fully saturated rings. The summed E-state index contributed by atoms with van der Waals surface area (Å²) in [4.78, 5) is 23.7. The standard InChI is InChI=1S/C13H11FN2O3S/c1-19-13(18)8-6-7(2-3-9(8)14)16-12(17)11-10(15)4-5-20-11/h2-6H,15H2,1H3,(H,16,17). The number of amides is 1. The largest absolute Gasteiger partial charge is 0.465 e. The van der Waals surface area contributed by atoms with Crippen molar-refractivity contribution < 1.29 is 18.7 Å². The predicted octanol–water partition coefficient (Wildman–Crippen LogP) is 2.51. The van der Waals surface area contributed by atoms with E-state index in [1.165, 1.54) is 23.5 Å². The van der Waals surface area contributed by atoms with Crippen LogP contribution in [0.1, 0.15) is 20.0 Å². The van der Waals surface area contributed by atoms with Crippen LogP contribution in [0, 0.1) is 5.82 Å². The van der Waals surface area contributed by atoms with Gasteiger partial charge in [0.1, 0.15) is 10.7 Å². The highest BCUT2D eigenvalue weighted by atomic mass is 32.1. The van der Waals surface area contributed by atoms with Crippen molar-refractivity contribution in [2.75, 3.05) is 18.2 Å². The number of esters is 1. The Morgan fingerprint density at radius 1 is 1.35 bits per heavy atom. The predicted molar refractivity (Wildman–Crippen MR) is 74.4 cm³/mol. The van der Waals surface area contributed by atoms with Crippen LogP contribution in [0.5, 0.6) is 0 Å². The van der Waals surface area contributed by atoms with Crippen molar-refractivity contribution in [3.05, 3.63) is 45.9 Å². The number of nitrogen functional groups attached to an aromatic ring is 1. The smallest absolute Gasteiger partial charge is 0.340 e. The molecule has 3 N–H and O–H groups in total. The Morgan fingerprint density at radius 3 is 2.70 bits per heavy atom. The monoisotopic (exact) mass is 294 g/mol. The van der Waals surface area contributed by atoms with E-state index in [2.05, 4.69) is 10.1 Å². The Morgan fingerprint density at radius 2 is 2.10 bits per heavy atom. The summed E-state index contributed by atoms with van der Waals surface area (Å²) >= 11 is 1.19. The molecule has 2 rings (SSSR count). The lowest BCUT2D eigenvalue weighted by molar-refractivity contribution is 0.0595. The molecule has 0 bridgehead atoms. The van der Waals surface area contributed by atoms with E-state index in [1.807, 2.05) is 0 Å². The van der Waals surface area contributed by atoms with Gasteiger partial charge in [0.05, 0.1) is 18.4 Å². The minimum atomic E-state index is -0.811. The highest BCUT2D eigenvalue weighted by Crippen LogP contribution is 2.21. The maximum atomic E-state index is 13.5. The summed E-state index contributed by atoms with van der Waals surface area (Å²) in [5.74, 6) is -1.94.